The topological polar surface area (TPSA) is 33.1 Å². The van der Waals surface area contributed by atoms with Gasteiger partial charge in [-0.2, -0.15) is 0 Å². The molecular weight excluding hydrogens is 242 g/mol. The lowest BCUT2D eigenvalue weighted by molar-refractivity contribution is 0.285. The Labute approximate surface area is 104 Å². The lowest BCUT2D eigenvalue weighted by atomic mass is 10.1. The first-order chi connectivity index (χ1) is 7.61. The van der Waals surface area contributed by atoms with Gasteiger partial charge in [-0.15, -0.1) is 11.3 Å². The van der Waals surface area contributed by atoms with Crippen molar-refractivity contribution < 1.29 is 5.11 Å². The maximum atomic E-state index is 9.08. The van der Waals surface area contributed by atoms with Crippen LogP contribution in [-0.2, 0) is 6.61 Å². The summed E-state index contributed by atoms with van der Waals surface area (Å²) in [6, 6.07) is 6.21. The van der Waals surface area contributed by atoms with Gasteiger partial charge in [0.25, 0.3) is 0 Å². The molecule has 0 fully saturated rings. The van der Waals surface area contributed by atoms with Gasteiger partial charge in [0, 0.05) is 5.56 Å². The van der Waals surface area contributed by atoms with Crippen LogP contribution < -0.4 is 0 Å². The Morgan fingerprint density at radius 3 is 2.69 bits per heavy atom. The molecule has 1 aromatic carbocycles. The Morgan fingerprint density at radius 2 is 2.12 bits per heavy atom. The maximum absolute atomic E-state index is 9.08. The molecule has 0 unspecified atom stereocenters. The zero-order valence-corrected chi connectivity index (χ0v) is 10.7. The van der Waals surface area contributed by atoms with Crippen molar-refractivity contribution >= 4 is 22.9 Å². The third-order valence-corrected chi connectivity index (χ3v) is 3.90. The minimum atomic E-state index is -0.0542. The van der Waals surface area contributed by atoms with E-state index in [0.717, 1.165) is 15.4 Å². The Bertz CT molecular complexity index is 522. The molecule has 16 heavy (non-hydrogen) atoms. The van der Waals surface area contributed by atoms with Crippen molar-refractivity contribution in [3.63, 3.8) is 0 Å². The fourth-order valence-electron chi connectivity index (χ4n) is 1.60. The summed E-state index contributed by atoms with van der Waals surface area (Å²) in [5.41, 5.74) is 3.48. The van der Waals surface area contributed by atoms with E-state index in [2.05, 4.69) is 31.0 Å². The minimum absolute atomic E-state index is 0.0542. The van der Waals surface area contributed by atoms with E-state index in [-0.39, 0.29) is 6.61 Å². The summed E-state index contributed by atoms with van der Waals surface area (Å²) in [7, 11) is 0. The molecule has 0 aliphatic carbocycles. The van der Waals surface area contributed by atoms with Gasteiger partial charge in [-0.25, -0.2) is 4.98 Å². The highest BCUT2D eigenvalue weighted by Crippen LogP contribution is 2.32. The van der Waals surface area contributed by atoms with Gasteiger partial charge in [-0.05, 0) is 19.4 Å². The zero-order chi connectivity index (χ0) is 11.7. The van der Waals surface area contributed by atoms with Crippen LogP contribution in [0.15, 0.2) is 18.2 Å². The van der Waals surface area contributed by atoms with Crippen LogP contribution >= 0.6 is 22.9 Å². The number of halogens is 1. The van der Waals surface area contributed by atoms with E-state index < -0.39 is 0 Å². The van der Waals surface area contributed by atoms with Gasteiger partial charge >= 0.3 is 0 Å². The molecule has 0 radical (unpaired) electrons. The second-order valence-electron chi connectivity index (χ2n) is 3.71. The first kappa shape index (κ1) is 11.6. The smallest absolute Gasteiger partial charge is 0.146 e. The summed E-state index contributed by atoms with van der Waals surface area (Å²) >= 11 is 7.36. The maximum Gasteiger partial charge on any atom is 0.146 e. The molecule has 4 heteroatoms. The van der Waals surface area contributed by atoms with Gasteiger partial charge in [-0.3, -0.25) is 0 Å². The zero-order valence-electron chi connectivity index (χ0n) is 9.12. The second kappa shape index (κ2) is 4.53. The lowest BCUT2D eigenvalue weighted by Gasteiger charge is -2.02. The van der Waals surface area contributed by atoms with Crippen LogP contribution in [0.3, 0.4) is 0 Å². The summed E-state index contributed by atoms with van der Waals surface area (Å²) in [4.78, 5) is 4.99. The summed E-state index contributed by atoms with van der Waals surface area (Å²) in [5, 5.41) is 10.4. The van der Waals surface area contributed by atoms with Gasteiger partial charge in [0.2, 0.25) is 0 Å². The molecule has 1 N–H and O–H groups in total. The Kier molecular flexibility index (Phi) is 3.28. The van der Waals surface area contributed by atoms with E-state index >= 15 is 0 Å². The number of aliphatic hydroxyl groups excluding tert-OH is 1. The molecule has 2 aromatic rings. The predicted octanol–water partition coefficient (Wildman–Crippen LogP) is 3.57. The number of nitrogens with zero attached hydrogens (tertiary/aromatic N) is 1. The monoisotopic (exact) mass is 253 g/mol. The fraction of sp³-hybridized carbons (Fsp3) is 0.250. The summed E-state index contributed by atoms with van der Waals surface area (Å²) < 4.78 is 0. The normalized spacial score (nSPS) is 10.8. The van der Waals surface area contributed by atoms with Crippen molar-refractivity contribution in [1.82, 2.24) is 4.98 Å². The molecule has 1 heterocycles. The van der Waals surface area contributed by atoms with Crippen LogP contribution in [0.25, 0.3) is 10.6 Å². The highest BCUT2D eigenvalue weighted by atomic mass is 35.5. The molecule has 0 saturated heterocycles. The van der Waals surface area contributed by atoms with Gasteiger partial charge in [0.15, 0.2) is 0 Å². The molecule has 84 valence electrons. The summed E-state index contributed by atoms with van der Waals surface area (Å²) in [5.74, 6) is 0. The molecule has 2 nitrogen and oxygen atoms in total. The van der Waals surface area contributed by atoms with Crippen molar-refractivity contribution in [3.8, 4) is 10.6 Å². The van der Waals surface area contributed by atoms with E-state index in [4.69, 9.17) is 16.7 Å². The largest absolute Gasteiger partial charge is 0.391 e. The predicted molar refractivity (Wildman–Crippen MR) is 68.0 cm³/mol. The standard InChI is InChI=1S/C12H12ClNOS/c1-7-3-4-9(8(2)5-7)12-14-11(13)10(6-15)16-12/h3-5,15H,6H2,1-2H3. The van der Waals surface area contributed by atoms with Crippen LogP contribution in [0.2, 0.25) is 5.15 Å². The Morgan fingerprint density at radius 1 is 1.38 bits per heavy atom. The molecule has 2 rings (SSSR count). The number of hydrogen-bond donors (Lipinski definition) is 1. The van der Waals surface area contributed by atoms with E-state index in [1.54, 1.807) is 0 Å². The molecule has 0 bridgehead atoms. The van der Waals surface area contributed by atoms with Gasteiger partial charge in [0.1, 0.15) is 10.2 Å². The number of aromatic nitrogens is 1. The van der Waals surface area contributed by atoms with E-state index in [9.17, 15) is 0 Å². The van der Waals surface area contributed by atoms with Crippen molar-refractivity contribution in [2.24, 2.45) is 0 Å². The van der Waals surface area contributed by atoms with Gasteiger partial charge in [-0.1, -0.05) is 35.4 Å². The number of aryl methyl sites for hydroxylation is 2. The number of hydrogen-bond acceptors (Lipinski definition) is 3. The second-order valence-corrected chi connectivity index (χ2v) is 5.15. The van der Waals surface area contributed by atoms with Gasteiger partial charge < -0.3 is 5.11 Å². The number of thiazole rings is 1. The molecular formula is C12H12ClNOS. The molecule has 0 saturated carbocycles. The summed E-state index contributed by atoms with van der Waals surface area (Å²) in [6.45, 7) is 4.06. The first-order valence-electron chi connectivity index (χ1n) is 4.95. The van der Waals surface area contributed by atoms with Gasteiger partial charge in [0.05, 0.1) is 11.5 Å². The highest BCUT2D eigenvalue weighted by molar-refractivity contribution is 7.15. The van der Waals surface area contributed by atoms with Crippen LogP contribution in [-0.4, -0.2) is 10.1 Å². The first-order valence-corrected chi connectivity index (χ1v) is 6.15. The van der Waals surface area contributed by atoms with Crippen LogP contribution in [0.1, 0.15) is 16.0 Å². The van der Waals surface area contributed by atoms with E-state index in [1.807, 2.05) is 6.07 Å². The quantitative estimate of drug-likeness (QED) is 0.888. The van der Waals surface area contributed by atoms with Crippen LogP contribution in [0.4, 0.5) is 0 Å². The van der Waals surface area contributed by atoms with Crippen LogP contribution in [0, 0.1) is 13.8 Å². The van der Waals surface area contributed by atoms with Crippen LogP contribution in [0.5, 0.6) is 0 Å². The SMILES string of the molecule is Cc1ccc(-c2nc(Cl)c(CO)s2)c(C)c1. The molecule has 0 aliphatic rings. The molecule has 0 aliphatic heterocycles. The molecule has 0 atom stereocenters. The Hall–Kier alpha value is -0.900. The van der Waals surface area contributed by atoms with Crippen molar-refractivity contribution in [1.29, 1.82) is 0 Å². The lowest BCUT2D eigenvalue weighted by Crippen LogP contribution is -1.83. The average Bonchev–Trinajstić information content (AvgIpc) is 2.59. The molecule has 0 amide bonds. The van der Waals surface area contributed by atoms with Crippen molar-refractivity contribution in [2.45, 2.75) is 20.5 Å². The number of benzene rings is 1. The number of aliphatic hydroxyl groups is 1. The van der Waals surface area contributed by atoms with E-state index in [1.165, 1.54) is 22.5 Å². The molecule has 0 spiro atoms. The Balaban J connectivity index is 2.50. The minimum Gasteiger partial charge on any atom is -0.391 e. The highest BCUT2D eigenvalue weighted by Gasteiger charge is 2.11. The third kappa shape index (κ3) is 2.12. The fourth-order valence-corrected chi connectivity index (χ4v) is 2.81. The van der Waals surface area contributed by atoms with Crippen molar-refractivity contribution in [2.75, 3.05) is 0 Å². The van der Waals surface area contributed by atoms with Crippen molar-refractivity contribution in [3.05, 3.63) is 39.4 Å². The number of rotatable bonds is 2. The van der Waals surface area contributed by atoms with E-state index in [0.29, 0.717) is 5.15 Å². The average molecular weight is 254 g/mol. The summed E-state index contributed by atoms with van der Waals surface area (Å²) in [6.07, 6.45) is 0. The third-order valence-electron chi connectivity index (χ3n) is 2.41. The molecule has 1 aromatic heterocycles.